The molecular formula is C54H57N3O10. The van der Waals surface area contributed by atoms with E-state index in [0.717, 1.165) is 32.5 Å². The lowest BCUT2D eigenvalue weighted by atomic mass is 9.77. The van der Waals surface area contributed by atoms with Gasteiger partial charge in [0.2, 0.25) is 11.2 Å². The number of H-pyrrole nitrogens is 1. The minimum Gasteiger partial charge on any atom is -0.508 e. The number of fused-ring (bicyclic) bond motifs is 1. The number of aromatic hydroxyl groups is 2. The molecule has 2 fully saturated rings. The van der Waals surface area contributed by atoms with Crippen molar-refractivity contribution in [3.8, 4) is 17.2 Å². The fourth-order valence-electron chi connectivity index (χ4n) is 9.28. The molecule has 1 saturated heterocycles. The van der Waals surface area contributed by atoms with Crippen molar-refractivity contribution in [1.82, 2.24) is 15.2 Å². The number of aliphatic hydroxyl groups is 2. The molecule has 2 atom stereocenters. The van der Waals surface area contributed by atoms with Gasteiger partial charge in [-0.3, -0.25) is 19.3 Å². The van der Waals surface area contributed by atoms with Crippen molar-refractivity contribution in [3.63, 3.8) is 0 Å². The number of carbonyl (C=O) groups is 3. The molecule has 0 radical (unpaired) electrons. The number of piperidine rings is 1. The maximum Gasteiger partial charge on any atom is 0.347 e. The number of aliphatic hydroxyl groups excluding tert-OH is 1. The number of aromatic amines is 1. The molecule has 67 heavy (non-hydrogen) atoms. The lowest BCUT2D eigenvalue weighted by Crippen LogP contribution is -2.45. The van der Waals surface area contributed by atoms with Crippen LogP contribution in [0.25, 0.3) is 10.9 Å². The number of hydrogen-bond acceptors (Lipinski definition) is 11. The number of amides is 1. The largest absolute Gasteiger partial charge is 0.508 e. The molecule has 0 spiro atoms. The van der Waals surface area contributed by atoms with Crippen LogP contribution in [0.4, 0.5) is 0 Å². The smallest absolute Gasteiger partial charge is 0.347 e. The number of hydrogen-bond donors (Lipinski definition) is 6. The lowest BCUT2D eigenvalue weighted by Gasteiger charge is -2.35. The van der Waals surface area contributed by atoms with Crippen molar-refractivity contribution in [3.05, 3.63) is 171 Å². The molecule has 1 aliphatic carbocycles. The van der Waals surface area contributed by atoms with E-state index in [4.69, 9.17) is 9.47 Å². The standard InChI is InChI=1S/C54H57N3O10/c58-43(29-37-27-42(28-37)55-52(63)39-18-17-38(49(61)30-39)11-7-16-47(59)45-19-21-48(60)51-46(45)20-22-50(62)56-51)34-66-44-15-8-14-41(31-44)54(65,40-12-5-2-6-13-40)53(64)67-33-36-23-25-57(26-24-36)32-35-9-3-1-4-10-35/h1-6,8-10,12-15,17-22,30-31,36-37,42,47,59-61,65H,7,11,16,23-29,32-34H2,(H,55,63)(H,56,62)/t37?,42?,47-,54-/m0/s1. The highest BCUT2D eigenvalue weighted by Gasteiger charge is 2.42. The first-order chi connectivity index (χ1) is 32.4. The molecule has 348 valence electrons. The predicted octanol–water partition coefficient (Wildman–Crippen LogP) is 7.23. The van der Waals surface area contributed by atoms with Crippen LogP contribution in [0.1, 0.15) is 89.2 Å². The van der Waals surface area contributed by atoms with E-state index in [1.165, 1.54) is 23.8 Å². The predicted molar refractivity (Wildman–Crippen MR) is 253 cm³/mol. The summed E-state index contributed by atoms with van der Waals surface area (Å²) in [6.07, 6.45) is 3.73. The molecule has 1 aromatic heterocycles. The number of ether oxygens (including phenoxy) is 2. The molecule has 8 rings (SSSR count). The Morgan fingerprint density at radius 2 is 1.54 bits per heavy atom. The second-order valence-electron chi connectivity index (χ2n) is 18.0. The van der Waals surface area contributed by atoms with Crippen LogP contribution in [0.15, 0.2) is 132 Å². The zero-order valence-electron chi connectivity index (χ0n) is 37.3. The van der Waals surface area contributed by atoms with Crippen LogP contribution in [0.5, 0.6) is 17.2 Å². The van der Waals surface area contributed by atoms with Crippen molar-refractivity contribution in [2.24, 2.45) is 11.8 Å². The molecular weight excluding hydrogens is 851 g/mol. The number of nitrogens with one attached hydrogen (secondary N) is 2. The quantitative estimate of drug-likeness (QED) is 0.0448. The van der Waals surface area contributed by atoms with E-state index in [0.29, 0.717) is 65.5 Å². The minimum atomic E-state index is -2.10. The number of Topliss-reactive ketones (excluding diaryl/α,β-unsaturated/α-hetero) is 1. The van der Waals surface area contributed by atoms with Gasteiger partial charge in [-0.2, -0.15) is 0 Å². The Morgan fingerprint density at radius 3 is 2.28 bits per heavy atom. The van der Waals surface area contributed by atoms with Gasteiger partial charge in [0.15, 0.2) is 5.78 Å². The summed E-state index contributed by atoms with van der Waals surface area (Å²) in [4.78, 5) is 56.7. The monoisotopic (exact) mass is 907 g/mol. The normalized spacial score (nSPS) is 17.8. The SMILES string of the molecule is O=C(COc1cccc([C@](O)(C(=O)OCC2CCN(Cc3ccccc3)CC2)c2ccccc2)c1)CC1CC(NC(=O)c2ccc(CCC[C@H](O)c3ccc(O)c4[nH]c(=O)ccc34)c(O)c2)C1. The van der Waals surface area contributed by atoms with Crippen molar-refractivity contribution < 1.29 is 44.3 Å². The van der Waals surface area contributed by atoms with E-state index in [1.807, 2.05) is 18.2 Å². The van der Waals surface area contributed by atoms with Crippen molar-refractivity contribution in [1.29, 1.82) is 0 Å². The van der Waals surface area contributed by atoms with Crippen molar-refractivity contribution >= 4 is 28.6 Å². The van der Waals surface area contributed by atoms with Crippen LogP contribution >= 0.6 is 0 Å². The third-order valence-electron chi connectivity index (χ3n) is 13.2. The van der Waals surface area contributed by atoms with Crippen LogP contribution in [0, 0.1) is 11.8 Å². The Hall–Kier alpha value is -6.80. The van der Waals surface area contributed by atoms with Crippen molar-refractivity contribution in [2.75, 3.05) is 26.3 Å². The molecule has 13 heteroatoms. The maximum absolute atomic E-state index is 13.9. The molecule has 6 aromatic rings. The summed E-state index contributed by atoms with van der Waals surface area (Å²) >= 11 is 0. The average Bonchev–Trinajstić information content (AvgIpc) is 3.33. The third kappa shape index (κ3) is 11.4. The fraction of sp³-hybridized carbons (Fsp3) is 0.333. The highest BCUT2D eigenvalue weighted by atomic mass is 16.5. The number of pyridine rings is 1. The first kappa shape index (κ1) is 46.7. The van der Waals surface area contributed by atoms with Gasteiger partial charge in [-0.25, -0.2) is 4.79 Å². The second kappa shape index (κ2) is 21.2. The van der Waals surface area contributed by atoms with Crippen LogP contribution in [-0.4, -0.2) is 80.3 Å². The maximum atomic E-state index is 13.9. The van der Waals surface area contributed by atoms with Gasteiger partial charge in [0, 0.05) is 41.6 Å². The number of phenolic OH excluding ortho intramolecular Hbond substituents is 2. The van der Waals surface area contributed by atoms with E-state index in [9.17, 15) is 39.6 Å². The van der Waals surface area contributed by atoms with Crippen molar-refractivity contribution in [2.45, 2.75) is 75.7 Å². The van der Waals surface area contributed by atoms with Crippen LogP contribution in [0.2, 0.25) is 0 Å². The summed E-state index contributed by atoms with van der Waals surface area (Å²) in [7, 11) is 0. The van der Waals surface area contributed by atoms with Gasteiger partial charge in [0.25, 0.3) is 5.91 Å². The van der Waals surface area contributed by atoms with E-state index < -0.39 is 17.7 Å². The molecule has 13 nitrogen and oxygen atoms in total. The fourth-order valence-corrected chi connectivity index (χ4v) is 9.28. The Balaban J connectivity index is 0.773. The zero-order chi connectivity index (χ0) is 46.9. The zero-order valence-corrected chi connectivity index (χ0v) is 37.3. The molecule has 1 amide bonds. The number of rotatable bonds is 19. The van der Waals surface area contributed by atoms with Crippen LogP contribution in [0.3, 0.4) is 0 Å². The summed E-state index contributed by atoms with van der Waals surface area (Å²) in [6.45, 7) is 2.67. The van der Waals surface area contributed by atoms with Crippen LogP contribution in [-0.2, 0) is 32.9 Å². The number of benzene rings is 5. The number of nitrogens with zero attached hydrogens (tertiary/aromatic N) is 1. The molecule has 1 saturated carbocycles. The summed E-state index contributed by atoms with van der Waals surface area (Å²) in [6, 6.07) is 36.2. The summed E-state index contributed by atoms with van der Waals surface area (Å²) in [5.74, 6) is -0.757. The van der Waals surface area contributed by atoms with Gasteiger partial charge in [-0.15, -0.1) is 0 Å². The second-order valence-corrected chi connectivity index (χ2v) is 18.0. The van der Waals surface area contributed by atoms with Gasteiger partial charge in [0.1, 0.15) is 23.9 Å². The van der Waals surface area contributed by atoms with Crippen LogP contribution < -0.4 is 15.6 Å². The molecule has 1 aliphatic heterocycles. The molecule has 6 N–H and O–H groups in total. The number of aryl methyl sites for hydroxylation is 1. The number of ketones is 1. The minimum absolute atomic E-state index is 0.0245. The summed E-state index contributed by atoms with van der Waals surface area (Å²) in [5, 5.41) is 47.5. The molecule has 2 aliphatic rings. The highest BCUT2D eigenvalue weighted by molar-refractivity contribution is 5.95. The number of esters is 1. The molecule has 2 heterocycles. The van der Waals surface area contributed by atoms with Gasteiger partial charge in [-0.05, 0) is 129 Å². The summed E-state index contributed by atoms with van der Waals surface area (Å²) in [5.41, 5.74) is 1.21. The van der Waals surface area contributed by atoms with E-state index in [2.05, 4.69) is 27.3 Å². The number of carbonyl (C=O) groups excluding carboxylic acids is 3. The average molecular weight is 908 g/mol. The molecule has 5 aromatic carbocycles. The van der Waals surface area contributed by atoms with E-state index >= 15 is 0 Å². The van der Waals surface area contributed by atoms with Gasteiger partial charge < -0.3 is 40.2 Å². The number of phenols is 2. The van der Waals surface area contributed by atoms with Gasteiger partial charge in [-0.1, -0.05) is 84.9 Å². The first-order valence-electron chi connectivity index (χ1n) is 23.0. The van der Waals surface area contributed by atoms with Gasteiger partial charge >= 0.3 is 5.97 Å². The number of likely N-dealkylation sites (tertiary alicyclic amines) is 1. The topological polar surface area (TPSA) is 199 Å². The Bertz CT molecular complexity index is 2730. The third-order valence-corrected chi connectivity index (χ3v) is 13.2. The summed E-state index contributed by atoms with van der Waals surface area (Å²) < 4.78 is 11.8. The lowest BCUT2D eigenvalue weighted by molar-refractivity contribution is -0.164. The Kier molecular flexibility index (Phi) is 14.8. The first-order valence-corrected chi connectivity index (χ1v) is 23.0. The van der Waals surface area contributed by atoms with E-state index in [-0.39, 0.29) is 77.3 Å². The molecule has 0 unspecified atom stereocenters. The van der Waals surface area contributed by atoms with E-state index in [1.54, 1.807) is 78.9 Å². The Morgan fingerprint density at radius 1 is 0.806 bits per heavy atom. The highest BCUT2D eigenvalue weighted by Crippen LogP contribution is 2.36. The Labute approximate surface area is 389 Å². The van der Waals surface area contributed by atoms with Gasteiger partial charge in [0.05, 0.1) is 18.2 Å². The molecule has 0 bridgehead atoms. The number of aromatic nitrogens is 1.